The topological polar surface area (TPSA) is 138 Å². The zero-order valence-corrected chi connectivity index (χ0v) is 26.1. The van der Waals surface area contributed by atoms with Crippen LogP contribution in [-0.4, -0.2) is 83.2 Å². The molecule has 4 amide bonds. The van der Waals surface area contributed by atoms with Crippen LogP contribution in [0.5, 0.6) is 11.5 Å². The fourth-order valence-electron chi connectivity index (χ4n) is 4.98. The number of ether oxygens (including phenoxy) is 2. The van der Waals surface area contributed by atoms with Crippen LogP contribution in [0, 0.1) is 5.82 Å². The van der Waals surface area contributed by atoms with Crippen molar-refractivity contribution >= 4 is 45.3 Å². The van der Waals surface area contributed by atoms with Crippen LogP contribution in [0.2, 0.25) is 0 Å². The van der Waals surface area contributed by atoms with Gasteiger partial charge in [0, 0.05) is 69.0 Å². The first-order valence-corrected chi connectivity index (χ1v) is 16.0. The number of nitrogens with one attached hydrogen (secondary N) is 3. The fourth-order valence-corrected chi connectivity index (χ4v) is 6.03. The van der Waals surface area contributed by atoms with Crippen LogP contribution in [0.25, 0.3) is 20.8 Å². The lowest BCUT2D eigenvalue weighted by Crippen LogP contribution is -2.52. The molecule has 1 aliphatic heterocycles. The molecule has 0 unspecified atom stereocenters. The third kappa shape index (κ3) is 7.87. The summed E-state index contributed by atoms with van der Waals surface area (Å²) in [4.78, 5) is 49.8. The maximum atomic E-state index is 14.9. The number of rotatable bonds is 10. The first-order chi connectivity index (χ1) is 22.3. The number of carbonyl (C=O) groups is 3. The summed E-state index contributed by atoms with van der Waals surface area (Å²) in [7, 11) is 0. The number of amides is 4. The van der Waals surface area contributed by atoms with Crippen molar-refractivity contribution in [1.29, 1.82) is 0 Å². The van der Waals surface area contributed by atoms with Gasteiger partial charge >= 0.3 is 18.0 Å². The maximum Gasteiger partial charge on any atom is 0.325 e. The average molecular weight is 648 g/mol. The van der Waals surface area contributed by atoms with E-state index in [-0.39, 0.29) is 37.0 Å². The van der Waals surface area contributed by atoms with Gasteiger partial charge < -0.3 is 30.3 Å². The number of anilines is 1. The van der Waals surface area contributed by atoms with Gasteiger partial charge in [0.05, 0.1) is 27.4 Å². The van der Waals surface area contributed by atoms with Crippen molar-refractivity contribution in [2.45, 2.75) is 32.4 Å². The molecule has 0 spiro atoms. The zero-order valence-electron chi connectivity index (χ0n) is 25.3. The number of hydrogen-bond acceptors (Lipinski definition) is 9. The Morgan fingerprint density at radius 2 is 1.85 bits per heavy atom. The van der Waals surface area contributed by atoms with E-state index in [9.17, 15) is 18.8 Å². The molecule has 1 aromatic carbocycles. The van der Waals surface area contributed by atoms with Crippen molar-refractivity contribution in [3.05, 3.63) is 66.2 Å². The summed E-state index contributed by atoms with van der Waals surface area (Å²) >= 11 is 1.46. The molecule has 6 rings (SSSR count). The average Bonchev–Trinajstić information content (AvgIpc) is 3.75. The highest BCUT2D eigenvalue weighted by molar-refractivity contribution is 7.22. The smallest absolute Gasteiger partial charge is 0.325 e. The number of nitrogens with zero attached hydrogens (tertiary/aromatic N) is 4. The van der Waals surface area contributed by atoms with Gasteiger partial charge in [-0.25, -0.2) is 14.0 Å². The van der Waals surface area contributed by atoms with Crippen LogP contribution >= 0.6 is 11.3 Å². The van der Waals surface area contributed by atoms with E-state index >= 15 is 0 Å². The lowest BCUT2D eigenvalue weighted by atomic mass is 10.2. The highest BCUT2D eigenvalue weighted by atomic mass is 32.1. The van der Waals surface area contributed by atoms with Crippen LogP contribution < -0.4 is 20.7 Å². The van der Waals surface area contributed by atoms with Gasteiger partial charge in [0.2, 0.25) is 0 Å². The van der Waals surface area contributed by atoms with Crippen LogP contribution in [0.15, 0.2) is 54.9 Å². The zero-order chi connectivity index (χ0) is 32.0. The molecule has 2 fully saturated rings. The molecule has 0 radical (unpaired) electrons. The summed E-state index contributed by atoms with van der Waals surface area (Å²) < 4.78 is 26.5. The first-order valence-electron chi connectivity index (χ1n) is 15.1. The molecular formula is C32H34FN7O5S. The molecule has 1 saturated heterocycles. The third-order valence-corrected chi connectivity index (χ3v) is 8.69. The number of pyridine rings is 2. The van der Waals surface area contributed by atoms with E-state index in [1.54, 1.807) is 30.2 Å². The second-order valence-electron chi connectivity index (χ2n) is 11.0. The van der Waals surface area contributed by atoms with Gasteiger partial charge in [-0.3, -0.25) is 19.7 Å². The standard InChI is InChI=1S/C32H34FN7O5S/c1-2-44-29(41)18-36-32(43)40-13-11-39(12-14-40)19-20-3-7-24(35-17-20)28-16-25-30(46-28)27(9-10-34-25)45-26-8-6-22(15-23(26)33)38-31(42)37-21-4-5-21/h3,6-10,15-17,21H,2,4-5,11-14,18-19H2,1H3,(H,36,43)(H2,37,38,42). The maximum absolute atomic E-state index is 14.9. The number of esters is 1. The molecular weight excluding hydrogens is 613 g/mol. The second-order valence-corrected chi connectivity index (χ2v) is 12.1. The van der Waals surface area contributed by atoms with Gasteiger partial charge in [-0.05, 0) is 49.6 Å². The van der Waals surface area contributed by atoms with E-state index in [0.29, 0.717) is 49.7 Å². The quantitative estimate of drug-likeness (QED) is 0.205. The minimum Gasteiger partial charge on any atom is -0.465 e. The number of halogens is 1. The molecule has 3 N–H and O–H groups in total. The van der Waals surface area contributed by atoms with Crippen molar-refractivity contribution in [2.24, 2.45) is 0 Å². The van der Waals surface area contributed by atoms with Crippen molar-refractivity contribution < 1.29 is 28.2 Å². The molecule has 0 atom stereocenters. The van der Waals surface area contributed by atoms with Gasteiger partial charge in [-0.1, -0.05) is 6.07 Å². The van der Waals surface area contributed by atoms with E-state index in [2.05, 4.69) is 30.8 Å². The van der Waals surface area contributed by atoms with Gasteiger partial charge in [0.15, 0.2) is 11.6 Å². The second kappa shape index (κ2) is 14.1. The number of benzene rings is 1. The number of thiophene rings is 1. The van der Waals surface area contributed by atoms with Gasteiger partial charge in [-0.2, -0.15) is 0 Å². The van der Waals surface area contributed by atoms with Crippen molar-refractivity contribution in [1.82, 2.24) is 30.4 Å². The summed E-state index contributed by atoms with van der Waals surface area (Å²) in [6, 6.07) is 11.5. The molecule has 3 aromatic heterocycles. The van der Waals surface area contributed by atoms with Gasteiger partial charge in [-0.15, -0.1) is 11.3 Å². The van der Waals surface area contributed by atoms with Crippen LogP contribution in [0.1, 0.15) is 25.3 Å². The van der Waals surface area contributed by atoms with Gasteiger partial charge in [0.1, 0.15) is 12.3 Å². The van der Waals surface area contributed by atoms with E-state index < -0.39 is 11.8 Å². The van der Waals surface area contributed by atoms with E-state index in [1.165, 1.54) is 23.5 Å². The molecule has 0 bridgehead atoms. The Labute approximate surface area is 268 Å². The summed E-state index contributed by atoms with van der Waals surface area (Å²) in [5.74, 6) is -0.538. The van der Waals surface area contributed by atoms with Crippen molar-refractivity contribution in [3.8, 4) is 22.1 Å². The summed E-state index contributed by atoms with van der Waals surface area (Å²) in [5.41, 5.74) is 2.88. The Hall–Kier alpha value is -4.82. The first kappa shape index (κ1) is 31.2. The number of piperazine rings is 1. The molecule has 14 heteroatoms. The SMILES string of the molecule is CCOC(=O)CNC(=O)N1CCN(Cc2ccc(-c3cc4nccc(Oc5ccc(NC(=O)NC6CC6)cc5F)c4s3)nc2)CC1. The summed E-state index contributed by atoms with van der Waals surface area (Å²) in [6.45, 7) is 5.08. The number of aromatic nitrogens is 2. The van der Waals surface area contributed by atoms with E-state index in [1.807, 2.05) is 24.4 Å². The third-order valence-electron chi connectivity index (χ3n) is 7.53. The Morgan fingerprint density at radius 3 is 2.57 bits per heavy atom. The monoisotopic (exact) mass is 647 g/mol. The number of carbonyl (C=O) groups excluding carboxylic acids is 3. The Balaban J connectivity index is 1.04. The Bertz CT molecular complexity index is 1720. The Morgan fingerprint density at radius 1 is 1.02 bits per heavy atom. The van der Waals surface area contributed by atoms with E-state index in [4.69, 9.17) is 9.47 Å². The molecule has 1 saturated carbocycles. The Kier molecular flexibility index (Phi) is 9.54. The normalized spacial score (nSPS) is 15.0. The number of hydrogen-bond donors (Lipinski definition) is 3. The molecule has 2 aliphatic rings. The minimum atomic E-state index is -0.595. The van der Waals surface area contributed by atoms with E-state index in [0.717, 1.165) is 33.7 Å². The van der Waals surface area contributed by atoms with Crippen molar-refractivity contribution in [3.63, 3.8) is 0 Å². The predicted octanol–water partition coefficient (Wildman–Crippen LogP) is 4.96. The summed E-state index contributed by atoms with van der Waals surface area (Å²) in [6.07, 6.45) is 5.39. The predicted molar refractivity (Wildman–Crippen MR) is 171 cm³/mol. The summed E-state index contributed by atoms with van der Waals surface area (Å²) in [5, 5.41) is 8.06. The van der Waals surface area contributed by atoms with Crippen LogP contribution in [0.4, 0.5) is 19.7 Å². The molecule has 4 aromatic rings. The lowest BCUT2D eigenvalue weighted by molar-refractivity contribution is -0.141. The highest BCUT2D eigenvalue weighted by Crippen LogP contribution is 2.39. The number of fused-ring (bicyclic) bond motifs is 1. The molecule has 240 valence electrons. The number of urea groups is 2. The molecule has 4 heterocycles. The highest BCUT2D eigenvalue weighted by Gasteiger charge is 2.24. The molecule has 1 aliphatic carbocycles. The van der Waals surface area contributed by atoms with Crippen molar-refractivity contribution in [2.75, 3.05) is 44.6 Å². The largest absolute Gasteiger partial charge is 0.465 e. The lowest BCUT2D eigenvalue weighted by Gasteiger charge is -2.34. The van der Waals surface area contributed by atoms with Crippen LogP contribution in [-0.2, 0) is 16.1 Å². The van der Waals surface area contributed by atoms with Crippen LogP contribution in [0.3, 0.4) is 0 Å². The fraction of sp³-hybridized carbons (Fsp3) is 0.344. The molecule has 12 nitrogen and oxygen atoms in total. The molecule has 46 heavy (non-hydrogen) atoms. The van der Waals surface area contributed by atoms with Gasteiger partial charge in [0.25, 0.3) is 0 Å². The minimum absolute atomic E-state index is 0.0382.